The quantitative estimate of drug-likeness (QED) is 0.609. The molecule has 0 bridgehead atoms. The fourth-order valence-electron chi connectivity index (χ4n) is 2.63. The summed E-state index contributed by atoms with van der Waals surface area (Å²) in [6, 6.07) is 2.82. The third-order valence-electron chi connectivity index (χ3n) is 3.70. The number of carbonyl (C=O) groups is 1. The standard InChI is InChI=1S/C14H18FN3O4/c1-22-9-14(3-2-4-17-14)8-16-13(19)10-5-11(15)7-12(6-10)18(20)21/h5-7,17H,2-4,8-9H2,1H3,(H,16,19). The number of nitro benzene ring substituents is 1. The second kappa shape index (κ2) is 6.80. The molecule has 1 aromatic carbocycles. The maximum absolute atomic E-state index is 13.4. The minimum Gasteiger partial charge on any atom is -0.383 e. The number of nitrogens with zero attached hydrogens (tertiary/aromatic N) is 1. The monoisotopic (exact) mass is 311 g/mol. The van der Waals surface area contributed by atoms with Crippen LogP contribution in [-0.4, -0.2) is 43.2 Å². The van der Waals surface area contributed by atoms with E-state index in [2.05, 4.69) is 10.6 Å². The van der Waals surface area contributed by atoms with Crippen LogP contribution in [0.3, 0.4) is 0 Å². The molecule has 1 atom stereocenters. The molecule has 22 heavy (non-hydrogen) atoms. The number of ether oxygens (including phenoxy) is 1. The van der Waals surface area contributed by atoms with E-state index in [1.165, 1.54) is 0 Å². The Labute approximate surface area is 127 Å². The number of methoxy groups -OCH3 is 1. The summed E-state index contributed by atoms with van der Waals surface area (Å²) in [4.78, 5) is 22.1. The SMILES string of the molecule is COCC1(CNC(=O)c2cc(F)cc([N+](=O)[O-])c2)CCCN1. The van der Waals surface area contributed by atoms with Crippen LogP contribution in [-0.2, 0) is 4.74 Å². The highest BCUT2D eigenvalue weighted by atomic mass is 19.1. The van der Waals surface area contributed by atoms with Crippen molar-refractivity contribution in [3.8, 4) is 0 Å². The smallest absolute Gasteiger partial charge is 0.273 e. The number of nitro groups is 1. The lowest BCUT2D eigenvalue weighted by atomic mass is 9.98. The zero-order valence-corrected chi connectivity index (χ0v) is 12.2. The zero-order chi connectivity index (χ0) is 16.2. The average Bonchev–Trinajstić information content (AvgIpc) is 2.93. The molecule has 0 spiro atoms. The van der Waals surface area contributed by atoms with Gasteiger partial charge in [0.1, 0.15) is 5.82 Å². The maximum atomic E-state index is 13.4. The van der Waals surface area contributed by atoms with Crippen LogP contribution in [0.4, 0.5) is 10.1 Å². The molecule has 1 fully saturated rings. The van der Waals surface area contributed by atoms with Crippen LogP contribution in [0.1, 0.15) is 23.2 Å². The number of halogens is 1. The number of rotatable bonds is 6. The van der Waals surface area contributed by atoms with Crippen LogP contribution in [0.15, 0.2) is 18.2 Å². The lowest BCUT2D eigenvalue weighted by Crippen LogP contribution is -2.53. The molecule has 1 unspecified atom stereocenters. The topological polar surface area (TPSA) is 93.5 Å². The van der Waals surface area contributed by atoms with Crippen molar-refractivity contribution in [2.24, 2.45) is 0 Å². The highest BCUT2D eigenvalue weighted by Gasteiger charge is 2.33. The minimum atomic E-state index is -0.815. The molecule has 1 saturated heterocycles. The van der Waals surface area contributed by atoms with Gasteiger partial charge in [0.05, 0.1) is 23.1 Å². The molecule has 2 rings (SSSR count). The van der Waals surface area contributed by atoms with Crippen LogP contribution in [0.25, 0.3) is 0 Å². The summed E-state index contributed by atoms with van der Waals surface area (Å²) in [5, 5.41) is 16.7. The number of amides is 1. The first-order chi connectivity index (χ1) is 10.5. The molecule has 1 aliphatic rings. The zero-order valence-electron chi connectivity index (χ0n) is 12.2. The number of hydrogen-bond donors (Lipinski definition) is 2. The second-order valence-corrected chi connectivity index (χ2v) is 5.38. The van der Waals surface area contributed by atoms with Crippen molar-refractivity contribution < 1.29 is 18.8 Å². The summed E-state index contributed by atoms with van der Waals surface area (Å²) in [5.41, 5.74) is -0.864. The van der Waals surface area contributed by atoms with Gasteiger partial charge in [-0.15, -0.1) is 0 Å². The molecule has 0 radical (unpaired) electrons. The molecule has 2 N–H and O–H groups in total. The van der Waals surface area contributed by atoms with Crippen LogP contribution in [0.5, 0.6) is 0 Å². The normalized spacial score (nSPS) is 20.8. The molecular formula is C14H18FN3O4. The Morgan fingerprint density at radius 2 is 2.32 bits per heavy atom. The molecule has 1 amide bonds. The number of carbonyl (C=O) groups excluding carboxylic acids is 1. The summed E-state index contributed by atoms with van der Waals surface area (Å²) < 4.78 is 18.5. The van der Waals surface area contributed by atoms with Gasteiger partial charge in [0.2, 0.25) is 0 Å². The molecule has 1 heterocycles. The van der Waals surface area contributed by atoms with Crippen molar-refractivity contribution in [2.45, 2.75) is 18.4 Å². The highest BCUT2D eigenvalue weighted by Crippen LogP contribution is 2.20. The lowest BCUT2D eigenvalue weighted by Gasteiger charge is -2.28. The van der Waals surface area contributed by atoms with Gasteiger partial charge in [0, 0.05) is 25.3 Å². The molecule has 7 nitrogen and oxygen atoms in total. The van der Waals surface area contributed by atoms with Crippen LogP contribution < -0.4 is 10.6 Å². The average molecular weight is 311 g/mol. The van der Waals surface area contributed by atoms with Gasteiger partial charge < -0.3 is 15.4 Å². The predicted molar refractivity (Wildman–Crippen MR) is 77.2 cm³/mol. The first-order valence-electron chi connectivity index (χ1n) is 6.93. The largest absolute Gasteiger partial charge is 0.383 e. The minimum absolute atomic E-state index is 0.0720. The summed E-state index contributed by atoms with van der Waals surface area (Å²) in [7, 11) is 1.58. The number of hydrogen-bond acceptors (Lipinski definition) is 5. The number of non-ortho nitro benzene ring substituents is 1. The van der Waals surface area contributed by atoms with Crippen molar-refractivity contribution in [3.63, 3.8) is 0 Å². The van der Waals surface area contributed by atoms with E-state index in [0.29, 0.717) is 13.2 Å². The van der Waals surface area contributed by atoms with Gasteiger partial charge in [-0.25, -0.2) is 4.39 Å². The summed E-state index contributed by atoms with van der Waals surface area (Å²) in [6.07, 6.45) is 1.83. The Morgan fingerprint density at radius 1 is 1.55 bits per heavy atom. The number of benzene rings is 1. The van der Waals surface area contributed by atoms with Gasteiger partial charge in [-0.1, -0.05) is 0 Å². The van der Waals surface area contributed by atoms with E-state index in [9.17, 15) is 19.3 Å². The third kappa shape index (κ3) is 3.77. The van der Waals surface area contributed by atoms with Gasteiger partial charge in [-0.3, -0.25) is 14.9 Å². The third-order valence-corrected chi connectivity index (χ3v) is 3.70. The molecule has 120 valence electrons. The first kappa shape index (κ1) is 16.3. The molecule has 0 aliphatic carbocycles. The fraction of sp³-hybridized carbons (Fsp3) is 0.500. The van der Waals surface area contributed by atoms with Crippen molar-refractivity contribution in [1.82, 2.24) is 10.6 Å². The summed E-state index contributed by atoms with van der Waals surface area (Å²) in [6.45, 7) is 1.59. The Balaban J connectivity index is 2.07. The molecule has 0 saturated carbocycles. The fourth-order valence-corrected chi connectivity index (χ4v) is 2.63. The lowest BCUT2D eigenvalue weighted by molar-refractivity contribution is -0.385. The highest BCUT2D eigenvalue weighted by molar-refractivity contribution is 5.94. The van der Waals surface area contributed by atoms with E-state index in [4.69, 9.17) is 4.74 Å². The summed E-state index contributed by atoms with van der Waals surface area (Å²) >= 11 is 0. The van der Waals surface area contributed by atoms with Gasteiger partial charge in [0.15, 0.2) is 0 Å². The number of nitrogens with one attached hydrogen (secondary N) is 2. The van der Waals surface area contributed by atoms with Gasteiger partial charge >= 0.3 is 0 Å². The Bertz CT molecular complexity index is 573. The van der Waals surface area contributed by atoms with Crippen LogP contribution in [0.2, 0.25) is 0 Å². The Morgan fingerprint density at radius 3 is 2.91 bits per heavy atom. The molecule has 8 heteroatoms. The molecular weight excluding hydrogens is 293 g/mol. The Hall–Kier alpha value is -2.06. The first-order valence-corrected chi connectivity index (χ1v) is 6.93. The molecule has 0 aromatic heterocycles. The van der Waals surface area contributed by atoms with Gasteiger partial charge in [-0.05, 0) is 25.5 Å². The van der Waals surface area contributed by atoms with Crippen molar-refractivity contribution in [2.75, 3.05) is 26.8 Å². The van der Waals surface area contributed by atoms with Crippen LogP contribution >= 0.6 is 0 Å². The van der Waals surface area contributed by atoms with Crippen LogP contribution in [0, 0.1) is 15.9 Å². The van der Waals surface area contributed by atoms with E-state index < -0.39 is 22.3 Å². The van der Waals surface area contributed by atoms with E-state index in [-0.39, 0.29) is 11.1 Å². The van der Waals surface area contributed by atoms with Gasteiger partial charge in [-0.2, -0.15) is 0 Å². The van der Waals surface area contributed by atoms with Crippen molar-refractivity contribution in [1.29, 1.82) is 0 Å². The summed E-state index contributed by atoms with van der Waals surface area (Å²) in [5.74, 6) is -1.36. The van der Waals surface area contributed by atoms with E-state index >= 15 is 0 Å². The molecule has 1 aromatic rings. The van der Waals surface area contributed by atoms with Crippen molar-refractivity contribution >= 4 is 11.6 Å². The maximum Gasteiger partial charge on any atom is 0.273 e. The van der Waals surface area contributed by atoms with E-state index in [0.717, 1.165) is 37.6 Å². The van der Waals surface area contributed by atoms with Gasteiger partial charge in [0.25, 0.3) is 11.6 Å². The predicted octanol–water partition coefficient (Wildman–Crippen LogP) is 1.23. The van der Waals surface area contributed by atoms with E-state index in [1.54, 1.807) is 7.11 Å². The van der Waals surface area contributed by atoms with Crippen molar-refractivity contribution in [3.05, 3.63) is 39.7 Å². The second-order valence-electron chi connectivity index (χ2n) is 5.38. The molecule has 1 aliphatic heterocycles. The van der Waals surface area contributed by atoms with E-state index in [1.807, 2.05) is 0 Å². The Kier molecular flexibility index (Phi) is 5.04.